The molecule has 0 unspecified atom stereocenters. The van der Waals surface area contributed by atoms with Crippen molar-refractivity contribution in [2.45, 2.75) is 38.0 Å². The number of aromatic nitrogens is 5. The minimum absolute atomic E-state index is 0.249. The molecule has 3 aromatic heterocycles. The molecule has 7 heteroatoms. The van der Waals surface area contributed by atoms with Gasteiger partial charge in [-0.05, 0) is 43.4 Å². The van der Waals surface area contributed by atoms with Crippen LogP contribution in [0, 0.1) is 0 Å². The summed E-state index contributed by atoms with van der Waals surface area (Å²) < 4.78 is 1.80. The summed E-state index contributed by atoms with van der Waals surface area (Å²) in [5.41, 5.74) is 3.53. The van der Waals surface area contributed by atoms with Crippen LogP contribution in [0.3, 0.4) is 0 Å². The van der Waals surface area contributed by atoms with Crippen molar-refractivity contribution >= 4 is 22.6 Å². The summed E-state index contributed by atoms with van der Waals surface area (Å²) in [5.74, 6) is 1.14. The van der Waals surface area contributed by atoms with E-state index in [2.05, 4.69) is 44.4 Å². The summed E-state index contributed by atoms with van der Waals surface area (Å²) in [5, 5.41) is 5.56. The van der Waals surface area contributed by atoms with E-state index in [1.54, 1.807) is 10.7 Å². The monoisotopic (exact) mass is 388 g/mol. The quantitative estimate of drug-likeness (QED) is 0.569. The van der Waals surface area contributed by atoms with Crippen LogP contribution in [0.5, 0.6) is 0 Å². The Morgan fingerprint density at radius 1 is 1.21 bits per heavy atom. The Balaban J connectivity index is 1.21. The van der Waals surface area contributed by atoms with E-state index in [1.807, 2.05) is 17.0 Å². The number of rotatable bonds is 5. The third-order valence-electron chi connectivity index (χ3n) is 5.91. The van der Waals surface area contributed by atoms with Gasteiger partial charge in [0.25, 0.3) is 5.78 Å². The second-order valence-corrected chi connectivity index (χ2v) is 7.73. The first-order chi connectivity index (χ1) is 14.3. The molecule has 29 heavy (non-hydrogen) atoms. The minimum Gasteiger partial charge on any atom is -0.361 e. The second-order valence-electron chi connectivity index (χ2n) is 7.73. The van der Waals surface area contributed by atoms with Crippen molar-refractivity contribution in [1.29, 1.82) is 0 Å². The Hall–Kier alpha value is -3.22. The van der Waals surface area contributed by atoms with Crippen LogP contribution in [-0.4, -0.2) is 48.5 Å². The number of nitrogens with one attached hydrogen (secondary N) is 1. The molecule has 0 bridgehead atoms. The first-order valence-electron chi connectivity index (χ1n) is 10.3. The largest absolute Gasteiger partial charge is 0.361 e. The SMILES string of the molecule is O=C(CCCc1c[nH]c2ccccc12)N1CCC[C@@H](c2ccnc3ncnn23)C1. The summed E-state index contributed by atoms with van der Waals surface area (Å²) in [6.45, 7) is 1.58. The van der Waals surface area contributed by atoms with Gasteiger partial charge in [0.2, 0.25) is 5.91 Å². The fraction of sp³-hybridized carbons (Fsp3) is 0.364. The Labute approximate surface area is 168 Å². The summed E-state index contributed by atoms with van der Waals surface area (Å²) >= 11 is 0. The average molecular weight is 388 g/mol. The summed E-state index contributed by atoms with van der Waals surface area (Å²) in [4.78, 5) is 26.6. The number of para-hydroxylation sites is 1. The van der Waals surface area contributed by atoms with Gasteiger partial charge in [-0.25, -0.2) is 9.50 Å². The van der Waals surface area contributed by atoms with Gasteiger partial charge in [-0.3, -0.25) is 4.79 Å². The van der Waals surface area contributed by atoms with Crippen LogP contribution in [0.2, 0.25) is 0 Å². The van der Waals surface area contributed by atoms with Gasteiger partial charge < -0.3 is 9.88 Å². The van der Waals surface area contributed by atoms with Gasteiger partial charge >= 0.3 is 0 Å². The number of benzene rings is 1. The first-order valence-corrected chi connectivity index (χ1v) is 10.3. The van der Waals surface area contributed by atoms with Gasteiger partial charge in [0.1, 0.15) is 6.33 Å². The average Bonchev–Trinajstić information content (AvgIpc) is 3.41. The lowest BCUT2D eigenvalue weighted by atomic mass is 9.94. The Bertz CT molecular complexity index is 1150. The van der Waals surface area contributed by atoms with Gasteiger partial charge in [0, 0.05) is 48.7 Å². The molecule has 1 saturated heterocycles. The van der Waals surface area contributed by atoms with E-state index >= 15 is 0 Å². The topological polar surface area (TPSA) is 79.2 Å². The summed E-state index contributed by atoms with van der Waals surface area (Å²) in [7, 11) is 0. The molecule has 1 aliphatic heterocycles. The van der Waals surface area contributed by atoms with Crippen LogP contribution >= 0.6 is 0 Å². The lowest BCUT2D eigenvalue weighted by Crippen LogP contribution is -2.39. The number of piperidine rings is 1. The number of H-pyrrole nitrogens is 1. The number of fused-ring (bicyclic) bond motifs is 2. The molecule has 1 aliphatic rings. The van der Waals surface area contributed by atoms with Crippen LogP contribution < -0.4 is 0 Å². The fourth-order valence-corrected chi connectivity index (χ4v) is 4.44. The molecule has 1 amide bonds. The molecule has 1 fully saturated rings. The van der Waals surface area contributed by atoms with Crippen molar-refractivity contribution in [3.05, 3.63) is 60.3 Å². The zero-order chi connectivity index (χ0) is 19.6. The highest BCUT2D eigenvalue weighted by molar-refractivity contribution is 5.83. The molecule has 0 aliphatic carbocycles. The molecule has 4 aromatic rings. The molecule has 1 N–H and O–H groups in total. The van der Waals surface area contributed by atoms with Gasteiger partial charge in [0.05, 0.1) is 5.69 Å². The number of carbonyl (C=O) groups excluding carboxylic acids is 1. The minimum atomic E-state index is 0.249. The van der Waals surface area contributed by atoms with Crippen molar-refractivity contribution in [2.24, 2.45) is 0 Å². The van der Waals surface area contributed by atoms with Crippen LogP contribution in [0.1, 0.15) is 42.9 Å². The van der Waals surface area contributed by atoms with Crippen molar-refractivity contribution in [3.8, 4) is 0 Å². The van der Waals surface area contributed by atoms with Crippen LogP contribution in [0.4, 0.5) is 0 Å². The number of hydrogen-bond acceptors (Lipinski definition) is 4. The first kappa shape index (κ1) is 17.8. The fourth-order valence-electron chi connectivity index (χ4n) is 4.44. The van der Waals surface area contributed by atoms with E-state index in [1.165, 1.54) is 17.3 Å². The standard InChI is InChI=1S/C22H24N6O/c29-21(9-3-5-16-13-24-19-8-2-1-7-18(16)19)27-12-4-6-17(14-27)20-10-11-23-22-25-15-26-28(20)22/h1-2,7-8,10-11,13,15,17,24H,3-6,9,12,14H2/t17-/m1/s1. The smallest absolute Gasteiger partial charge is 0.252 e. The molecular formula is C22H24N6O. The molecular weight excluding hydrogens is 364 g/mol. The molecule has 4 heterocycles. The lowest BCUT2D eigenvalue weighted by molar-refractivity contribution is -0.132. The van der Waals surface area contributed by atoms with E-state index < -0.39 is 0 Å². The maximum atomic E-state index is 12.9. The highest BCUT2D eigenvalue weighted by atomic mass is 16.2. The van der Waals surface area contributed by atoms with Gasteiger partial charge in [-0.2, -0.15) is 10.1 Å². The van der Waals surface area contributed by atoms with E-state index in [9.17, 15) is 4.79 Å². The Morgan fingerprint density at radius 2 is 2.14 bits per heavy atom. The predicted octanol–water partition coefficient (Wildman–Crippen LogP) is 3.33. The molecule has 148 valence electrons. The van der Waals surface area contributed by atoms with E-state index in [0.717, 1.165) is 50.0 Å². The summed E-state index contributed by atoms with van der Waals surface area (Å²) in [6.07, 6.45) is 9.81. The molecule has 1 aromatic carbocycles. The number of amides is 1. The number of aryl methyl sites for hydroxylation is 1. The van der Waals surface area contributed by atoms with Gasteiger partial charge in [0.15, 0.2) is 0 Å². The van der Waals surface area contributed by atoms with Crippen molar-refractivity contribution < 1.29 is 4.79 Å². The van der Waals surface area contributed by atoms with Crippen LogP contribution in [0.25, 0.3) is 16.7 Å². The Morgan fingerprint density at radius 3 is 3.10 bits per heavy atom. The second kappa shape index (κ2) is 7.66. The van der Waals surface area contributed by atoms with E-state index in [-0.39, 0.29) is 11.8 Å². The molecule has 0 radical (unpaired) electrons. The number of hydrogen-bond donors (Lipinski definition) is 1. The van der Waals surface area contributed by atoms with Crippen LogP contribution in [0.15, 0.2) is 49.1 Å². The third-order valence-corrected chi connectivity index (χ3v) is 5.91. The number of aromatic amines is 1. The van der Waals surface area contributed by atoms with Gasteiger partial charge in [-0.1, -0.05) is 18.2 Å². The zero-order valence-electron chi connectivity index (χ0n) is 16.3. The molecule has 5 rings (SSSR count). The maximum absolute atomic E-state index is 12.9. The van der Waals surface area contributed by atoms with Crippen molar-refractivity contribution in [3.63, 3.8) is 0 Å². The van der Waals surface area contributed by atoms with E-state index in [0.29, 0.717) is 12.2 Å². The van der Waals surface area contributed by atoms with Crippen molar-refractivity contribution in [1.82, 2.24) is 29.5 Å². The molecule has 1 atom stereocenters. The molecule has 7 nitrogen and oxygen atoms in total. The van der Waals surface area contributed by atoms with Crippen LogP contribution in [-0.2, 0) is 11.2 Å². The normalized spacial score (nSPS) is 17.2. The van der Waals surface area contributed by atoms with E-state index in [4.69, 9.17) is 0 Å². The molecule has 0 saturated carbocycles. The third kappa shape index (κ3) is 3.48. The highest BCUT2D eigenvalue weighted by Crippen LogP contribution is 2.27. The Kier molecular flexibility index (Phi) is 4.71. The lowest BCUT2D eigenvalue weighted by Gasteiger charge is -2.33. The number of carbonyl (C=O) groups is 1. The molecule has 0 spiro atoms. The highest BCUT2D eigenvalue weighted by Gasteiger charge is 2.26. The van der Waals surface area contributed by atoms with Gasteiger partial charge in [-0.15, -0.1) is 0 Å². The zero-order valence-corrected chi connectivity index (χ0v) is 16.3. The number of likely N-dealkylation sites (tertiary alicyclic amines) is 1. The number of nitrogens with zero attached hydrogens (tertiary/aromatic N) is 5. The summed E-state index contributed by atoms with van der Waals surface area (Å²) in [6, 6.07) is 10.3. The predicted molar refractivity (Wildman–Crippen MR) is 111 cm³/mol. The maximum Gasteiger partial charge on any atom is 0.252 e. The van der Waals surface area contributed by atoms with Crippen molar-refractivity contribution in [2.75, 3.05) is 13.1 Å².